The van der Waals surface area contributed by atoms with Gasteiger partial charge < -0.3 is 14.6 Å². The van der Waals surface area contributed by atoms with E-state index in [1.54, 1.807) is 0 Å². The van der Waals surface area contributed by atoms with Crippen LogP contribution in [0, 0.1) is 0 Å². The quantitative estimate of drug-likeness (QED) is 0.806. The summed E-state index contributed by atoms with van der Waals surface area (Å²) >= 11 is 0. The monoisotopic (exact) mass is 258 g/mol. The molecule has 1 N–H and O–H groups in total. The Labute approximate surface area is 114 Å². The number of hydrogen-bond acceptors (Lipinski definition) is 2. The van der Waals surface area contributed by atoms with Gasteiger partial charge in [-0.1, -0.05) is 18.2 Å². The normalized spacial score (nSPS) is 19.3. The number of aryl methyl sites for hydroxylation is 1. The minimum atomic E-state index is 0.451. The lowest BCUT2D eigenvalue weighted by Crippen LogP contribution is -2.27. The fraction of sp³-hybridized carbons (Fsp3) is 0.500. The molecule has 2 heterocycles. The summed E-state index contributed by atoms with van der Waals surface area (Å²) in [4.78, 5) is 0. The highest BCUT2D eigenvalue weighted by molar-refractivity contribution is 5.79. The first kappa shape index (κ1) is 12.7. The zero-order valence-corrected chi connectivity index (χ0v) is 11.3. The highest BCUT2D eigenvalue weighted by atomic mass is 16.5. The predicted octanol–water partition coefficient (Wildman–Crippen LogP) is 2.80. The Morgan fingerprint density at radius 3 is 3.11 bits per heavy atom. The zero-order chi connectivity index (χ0) is 12.9. The molecule has 1 aliphatic heterocycles. The smallest absolute Gasteiger partial charge is 0.0700 e. The van der Waals surface area contributed by atoms with E-state index >= 15 is 0 Å². The van der Waals surface area contributed by atoms with Crippen LogP contribution in [0.5, 0.6) is 0 Å². The highest BCUT2D eigenvalue weighted by Gasteiger charge is 2.14. The van der Waals surface area contributed by atoms with Crippen LogP contribution in [0.15, 0.2) is 36.5 Å². The predicted molar refractivity (Wildman–Crippen MR) is 78.4 cm³/mol. The topological polar surface area (TPSA) is 26.2 Å². The Morgan fingerprint density at radius 1 is 1.26 bits per heavy atom. The lowest BCUT2D eigenvalue weighted by molar-refractivity contribution is 0.110. The Hall–Kier alpha value is -1.32. The number of aromatic nitrogens is 1. The third-order valence-electron chi connectivity index (χ3n) is 3.83. The number of hydrogen-bond donors (Lipinski definition) is 1. The molecule has 1 aromatic heterocycles. The number of para-hydroxylation sites is 1. The molecule has 1 atom stereocenters. The second-order valence-electron chi connectivity index (χ2n) is 5.26. The van der Waals surface area contributed by atoms with E-state index in [4.69, 9.17) is 4.74 Å². The summed E-state index contributed by atoms with van der Waals surface area (Å²) in [5.41, 5.74) is 1.33. The minimum Gasteiger partial charge on any atom is -0.377 e. The fourth-order valence-electron chi connectivity index (χ4n) is 2.78. The molecule has 1 fully saturated rings. The third-order valence-corrected chi connectivity index (χ3v) is 3.83. The van der Waals surface area contributed by atoms with Gasteiger partial charge in [0.1, 0.15) is 0 Å². The van der Waals surface area contributed by atoms with E-state index in [0.717, 1.165) is 32.7 Å². The summed E-state index contributed by atoms with van der Waals surface area (Å²) in [6.45, 7) is 4.09. The van der Waals surface area contributed by atoms with E-state index in [1.807, 2.05) is 0 Å². The Kier molecular flexibility index (Phi) is 4.16. The molecule has 102 valence electrons. The van der Waals surface area contributed by atoms with Crippen LogP contribution in [0.1, 0.15) is 19.3 Å². The molecule has 1 aliphatic rings. The molecule has 2 aromatic rings. The van der Waals surface area contributed by atoms with E-state index in [-0.39, 0.29) is 0 Å². The molecule has 1 saturated heterocycles. The summed E-state index contributed by atoms with van der Waals surface area (Å²) in [7, 11) is 0. The van der Waals surface area contributed by atoms with Gasteiger partial charge in [-0.2, -0.15) is 0 Å². The van der Waals surface area contributed by atoms with Crippen LogP contribution in [0.4, 0.5) is 0 Å². The molecule has 1 unspecified atom stereocenters. The van der Waals surface area contributed by atoms with Gasteiger partial charge in [-0.15, -0.1) is 0 Å². The molecule has 0 bridgehead atoms. The van der Waals surface area contributed by atoms with Crippen LogP contribution < -0.4 is 5.32 Å². The van der Waals surface area contributed by atoms with Crippen LogP contribution in [0.3, 0.4) is 0 Å². The number of fused-ring (bicyclic) bond motifs is 1. The van der Waals surface area contributed by atoms with Crippen molar-refractivity contribution in [2.75, 3.05) is 19.7 Å². The summed E-state index contributed by atoms with van der Waals surface area (Å²) in [6.07, 6.45) is 6.24. The van der Waals surface area contributed by atoms with Gasteiger partial charge in [0.2, 0.25) is 0 Å². The third kappa shape index (κ3) is 3.17. The van der Waals surface area contributed by atoms with Crippen molar-refractivity contribution < 1.29 is 4.74 Å². The van der Waals surface area contributed by atoms with Crippen LogP contribution in [-0.4, -0.2) is 30.4 Å². The number of rotatable bonds is 6. The van der Waals surface area contributed by atoms with E-state index < -0.39 is 0 Å². The summed E-state index contributed by atoms with van der Waals surface area (Å²) < 4.78 is 7.93. The summed E-state index contributed by atoms with van der Waals surface area (Å²) in [6, 6.07) is 10.7. The van der Waals surface area contributed by atoms with Gasteiger partial charge >= 0.3 is 0 Å². The van der Waals surface area contributed by atoms with Crippen molar-refractivity contribution in [3.8, 4) is 0 Å². The second kappa shape index (κ2) is 6.22. The number of benzene rings is 1. The SMILES string of the molecule is c1ccc2c(c1)ccn2CCCNCC1CCCO1. The molecule has 19 heavy (non-hydrogen) atoms. The number of nitrogens with one attached hydrogen (secondary N) is 1. The average Bonchev–Trinajstić information content (AvgIpc) is 3.08. The van der Waals surface area contributed by atoms with Crippen molar-refractivity contribution in [2.45, 2.75) is 31.9 Å². The molecule has 0 radical (unpaired) electrons. The van der Waals surface area contributed by atoms with Crippen molar-refractivity contribution in [1.29, 1.82) is 0 Å². The van der Waals surface area contributed by atoms with Crippen molar-refractivity contribution in [1.82, 2.24) is 9.88 Å². The molecule has 3 rings (SSSR count). The molecule has 0 amide bonds. The molecular weight excluding hydrogens is 236 g/mol. The summed E-state index contributed by atoms with van der Waals surface area (Å²) in [5, 5.41) is 4.83. The fourth-order valence-corrected chi connectivity index (χ4v) is 2.78. The first-order valence-electron chi connectivity index (χ1n) is 7.30. The van der Waals surface area contributed by atoms with Gasteiger partial charge in [-0.3, -0.25) is 0 Å². The Balaban J connectivity index is 1.42. The maximum absolute atomic E-state index is 5.60. The number of nitrogens with zero attached hydrogens (tertiary/aromatic N) is 1. The van der Waals surface area contributed by atoms with Crippen molar-refractivity contribution >= 4 is 10.9 Å². The van der Waals surface area contributed by atoms with E-state index in [1.165, 1.54) is 23.7 Å². The van der Waals surface area contributed by atoms with Gasteiger partial charge in [-0.05, 0) is 43.3 Å². The zero-order valence-electron chi connectivity index (χ0n) is 11.3. The first-order valence-corrected chi connectivity index (χ1v) is 7.30. The van der Waals surface area contributed by atoms with Crippen molar-refractivity contribution in [2.24, 2.45) is 0 Å². The van der Waals surface area contributed by atoms with Crippen LogP contribution in [0.2, 0.25) is 0 Å². The van der Waals surface area contributed by atoms with Gasteiger partial charge in [0.05, 0.1) is 6.10 Å². The molecule has 0 saturated carbocycles. The van der Waals surface area contributed by atoms with Crippen LogP contribution in [0.25, 0.3) is 10.9 Å². The highest BCUT2D eigenvalue weighted by Crippen LogP contribution is 2.15. The van der Waals surface area contributed by atoms with Crippen molar-refractivity contribution in [3.63, 3.8) is 0 Å². The maximum atomic E-state index is 5.60. The van der Waals surface area contributed by atoms with Gasteiger partial charge in [-0.25, -0.2) is 0 Å². The van der Waals surface area contributed by atoms with Gasteiger partial charge in [0.15, 0.2) is 0 Å². The van der Waals surface area contributed by atoms with E-state index in [0.29, 0.717) is 6.10 Å². The Bertz CT molecular complexity index is 514. The van der Waals surface area contributed by atoms with Gasteiger partial charge in [0, 0.05) is 31.4 Å². The molecule has 1 aromatic carbocycles. The standard InChI is InChI=1S/C16H22N2O/c1-2-7-16-14(5-1)8-11-18(16)10-4-9-17-13-15-6-3-12-19-15/h1-2,5,7-8,11,15,17H,3-4,6,9-10,12-13H2. The second-order valence-corrected chi connectivity index (χ2v) is 5.26. The first-order chi connectivity index (χ1) is 9.43. The van der Waals surface area contributed by atoms with Gasteiger partial charge in [0.25, 0.3) is 0 Å². The molecule has 3 nitrogen and oxygen atoms in total. The lowest BCUT2D eigenvalue weighted by Gasteiger charge is -2.11. The minimum absolute atomic E-state index is 0.451. The van der Waals surface area contributed by atoms with Crippen LogP contribution in [-0.2, 0) is 11.3 Å². The van der Waals surface area contributed by atoms with E-state index in [2.05, 4.69) is 46.4 Å². The van der Waals surface area contributed by atoms with E-state index in [9.17, 15) is 0 Å². The maximum Gasteiger partial charge on any atom is 0.0700 e. The van der Waals surface area contributed by atoms with Crippen LogP contribution >= 0.6 is 0 Å². The number of ether oxygens (including phenoxy) is 1. The summed E-state index contributed by atoms with van der Waals surface area (Å²) in [5.74, 6) is 0. The lowest BCUT2D eigenvalue weighted by atomic mass is 10.2. The molecule has 3 heteroatoms. The average molecular weight is 258 g/mol. The molecule has 0 spiro atoms. The Morgan fingerprint density at radius 2 is 2.21 bits per heavy atom. The van der Waals surface area contributed by atoms with Crippen molar-refractivity contribution in [3.05, 3.63) is 36.5 Å². The largest absolute Gasteiger partial charge is 0.377 e. The molecular formula is C16H22N2O. The molecule has 0 aliphatic carbocycles.